The first-order chi connectivity index (χ1) is 6.10. The van der Waals surface area contributed by atoms with Crippen LogP contribution in [0.2, 0.25) is 0 Å². The van der Waals surface area contributed by atoms with E-state index in [0.29, 0.717) is 19.8 Å². The molecule has 1 atom stereocenters. The van der Waals surface area contributed by atoms with E-state index in [9.17, 15) is 5.11 Å². The molecule has 0 spiro atoms. The summed E-state index contributed by atoms with van der Waals surface area (Å²) in [6.45, 7) is 8.44. The summed E-state index contributed by atoms with van der Waals surface area (Å²) in [5, 5.41) is 9.84. The highest BCUT2D eigenvalue weighted by molar-refractivity contribution is 4.63. The molecule has 1 N–H and O–H groups in total. The van der Waals surface area contributed by atoms with Gasteiger partial charge in [0.15, 0.2) is 0 Å². The molecule has 0 saturated heterocycles. The van der Waals surface area contributed by atoms with Crippen molar-refractivity contribution in [1.29, 1.82) is 0 Å². The number of ether oxygens (including phenoxy) is 3. The summed E-state index contributed by atoms with van der Waals surface area (Å²) in [5.74, 6) is -1.61. The van der Waals surface area contributed by atoms with Crippen molar-refractivity contribution in [2.75, 3.05) is 19.8 Å². The van der Waals surface area contributed by atoms with Crippen LogP contribution in [0.25, 0.3) is 0 Å². The van der Waals surface area contributed by atoms with Crippen LogP contribution < -0.4 is 0 Å². The molecule has 0 aliphatic rings. The second-order valence-corrected chi connectivity index (χ2v) is 2.59. The fourth-order valence-electron chi connectivity index (χ4n) is 1.05. The Balaban J connectivity index is 4.18. The first kappa shape index (κ1) is 12.8. The average Bonchev–Trinajstić information content (AvgIpc) is 2.05. The van der Waals surface area contributed by atoms with Crippen LogP contribution in [0.1, 0.15) is 27.7 Å². The van der Waals surface area contributed by atoms with Crippen molar-refractivity contribution >= 4 is 0 Å². The molecule has 0 aromatic heterocycles. The van der Waals surface area contributed by atoms with Gasteiger partial charge in [0.25, 0.3) is 0 Å². The molecule has 13 heavy (non-hydrogen) atoms. The van der Waals surface area contributed by atoms with Gasteiger partial charge in [-0.05, 0) is 27.7 Å². The lowest BCUT2D eigenvalue weighted by atomic mass is 10.3. The Morgan fingerprint density at radius 1 is 1.08 bits per heavy atom. The van der Waals surface area contributed by atoms with E-state index in [1.54, 1.807) is 20.8 Å². The lowest BCUT2D eigenvalue weighted by molar-refractivity contribution is -0.395. The number of aliphatic hydroxyl groups is 1. The van der Waals surface area contributed by atoms with E-state index < -0.39 is 12.1 Å². The second kappa shape index (κ2) is 6.32. The Hall–Kier alpha value is -0.160. The molecule has 0 aromatic carbocycles. The third-order valence-electron chi connectivity index (χ3n) is 1.63. The minimum absolute atomic E-state index is 0.383. The third kappa shape index (κ3) is 4.04. The molecule has 0 aromatic rings. The molecule has 1 unspecified atom stereocenters. The van der Waals surface area contributed by atoms with Crippen LogP contribution in [-0.2, 0) is 14.2 Å². The maximum Gasteiger partial charge on any atom is 0.308 e. The summed E-state index contributed by atoms with van der Waals surface area (Å²) in [4.78, 5) is 0. The zero-order chi connectivity index (χ0) is 10.3. The fraction of sp³-hybridized carbons (Fsp3) is 1.00. The number of rotatable bonds is 7. The van der Waals surface area contributed by atoms with Crippen molar-refractivity contribution in [1.82, 2.24) is 0 Å². The first-order valence-corrected chi connectivity index (χ1v) is 4.72. The molecule has 0 fully saturated rings. The van der Waals surface area contributed by atoms with E-state index in [-0.39, 0.29) is 0 Å². The van der Waals surface area contributed by atoms with E-state index in [2.05, 4.69) is 0 Å². The van der Waals surface area contributed by atoms with E-state index in [0.717, 1.165) is 0 Å². The first-order valence-electron chi connectivity index (χ1n) is 4.72. The van der Waals surface area contributed by atoms with Crippen LogP contribution in [0.15, 0.2) is 0 Å². The largest absolute Gasteiger partial charge is 0.370 e. The molecule has 0 aliphatic carbocycles. The van der Waals surface area contributed by atoms with Crippen molar-refractivity contribution in [3.8, 4) is 0 Å². The van der Waals surface area contributed by atoms with Gasteiger partial charge >= 0.3 is 5.97 Å². The van der Waals surface area contributed by atoms with Gasteiger partial charge in [0.1, 0.15) is 6.10 Å². The molecule has 0 saturated carbocycles. The van der Waals surface area contributed by atoms with Gasteiger partial charge in [-0.1, -0.05) is 0 Å². The summed E-state index contributed by atoms with van der Waals surface area (Å²) < 4.78 is 15.4. The summed E-state index contributed by atoms with van der Waals surface area (Å²) in [6, 6.07) is 0. The number of hydrogen-bond donors (Lipinski definition) is 1. The van der Waals surface area contributed by atoms with Crippen molar-refractivity contribution < 1.29 is 19.3 Å². The van der Waals surface area contributed by atoms with Crippen molar-refractivity contribution in [2.45, 2.75) is 39.8 Å². The summed E-state index contributed by atoms with van der Waals surface area (Å²) >= 11 is 0. The van der Waals surface area contributed by atoms with Gasteiger partial charge < -0.3 is 19.3 Å². The van der Waals surface area contributed by atoms with Crippen LogP contribution >= 0.6 is 0 Å². The monoisotopic (exact) mass is 192 g/mol. The lowest BCUT2D eigenvalue weighted by Gasteiger charge is -2.32. The maximum absolute atomic E-state index is 9.84. The highest BCUT2D eigenvalue weighted by Gasteiger charge is 2.36. The van der Waals surface area contributed by atoms with Gasteiger partial charge in [0.05, 0.1) is 0 Å². The predicted octanol–water partition coefficient (Wildman–Crippen LogP) is 1.13. The van der Waals surface area contributed by atoms with Gasteiger partial charge in [0, 0.05) is 19.8 Å². The maximum atomic E-state index is 9.84. The van der Waals surface area contributed by atoms with Gasteiger partial charge in [-0.25, -0.2) is 0 Å². The Morgan fingerprint density at radius 2 is 1.54 bits per heavy atom. The van der Waals surface area contributed by atoms with Crippen LogP contribution in [0.5, 0.6) is 0 Å². The normalized spacial score (nSPS) is 14.5. The SMILES string of the molecule is CCOC(C)C(O)(OCC)OCC. The highest BCUT2D eigenvalue weighted by Crippen LogP contribution is 2.17. The van der Waals surface area contributed by atoms with Gasteiger partial charge in [-0.15, -0.1) is 0 Å². The average molecular weight is 192 g/mol. The second-order valence-electron chi connectivity index (χ2n) is 2.59. The lowest BCUT2D eigenvalue weighted by Crippen LogP contribution is -2.47. The standard InChI is InChI=1S/C9H20O4/c1-5-11-8(4)9(10,12-6-2)13-7-3/h8,10H,5-7H2,1-4H3. The molecule has 4 heteroatoms. The molecule has 0 aliphatic heterocycles. The predicted molar refractivity (Wildman–Crippen MR) is 49.3 cm³/mol. The van der Waals surface area contributed by atoms with E-state index in [1.807, 2.05) is 6.92 Å². The van der Waals surface area contributed by atoms with E-state index in [1.165, 1.54) is 0 Å². The van der Waals surface area contributed by atoms with Crippen molar-refractivity contribution in [3.63, 3.8) is 0 Å². The van der Waals surface area contributed by atoms with Crippen molar-refractivity contribution in [3.05, 3.63) is 0 Å². The molecule has 0 rings (SSSR count). The van der Waals surface area contributed by atoms with Crippen LogP contribution in [0.4, 0.5) is 0 Å². The Bertz CT molecular complexity index is 121. The minimum Gasteiger partial charge on any atom is -0.370 e. The molecule has 0 bridgehead atoms. The Morgan fingerprint density at radius 3 is 1.85 bits per heavy atom. The summed E-state index contributed by atoms with van der Waals surface area (Å²) in [5.41, 5.74) is 0. The molecule has 80 valence electrons. The zero-order valence-corrected chi connectivity index (χ0v) is 8.87. The Kier molecular flexibility index (Phi) is 6.24. The van der Waals surface area contributed by atoms with Crippen LogP contribution in [0.3, 0.4) is 0 Å². The summed E-state index contributed by atoms with van der Waals surface area (Å²) in [7, 11) is 0. The fourth-order valence-corrected chi connectivity index (χ4v) is 1.05. The Labute approximate surface area is 79.8 Å². The van der Waals surface area contributed by atoms with Crippen LogP contribution in [0, 0.1) is 0 Å². The smallest absolute Gasteiger partial charge is 0.308 e. The molecule has 4 nitrogen and oxygen atoms in total. The highest BCUT2D eigenvalue weighted by atomic mass is 16.8. The third-order valence-corrected chi connectivity index (χ3v) is 1.63. The molecular weight excluding hydrogens is 172 g/mol. The van der Waals surface area contributed by atoms with Gasteiger partial charge in [-0.2, -0.15) is 0 Å². The quantitative estimate of drug-likeness (QED) is 0.614. The molecular formula is C9H20O4. The van der Waals surface area contributed by atoms with Crippen LogP contribution in [-0.4, -0.2) is 37.0 Å². The van der Waals surface area contributed by atoms with Gasteiger partial charge in [0.2, 0.25) is 0 Å². The van der Waals surface area contributed by atoms with Crippen molar-refractivity contribution in [2.24, 2.45) is 0 Å². The zero-order valence-electron chi connectivity index (χ0n) is 8.87. The molecule has 0 amide bonds. The minimum atomic E-state index is -1.61. The van der Waals surface area contributed by atoms with E-state index in [4.69, 9.17) is 14.2 Å². The van der Waals surface area contributed by atoms with Gasteiger partial charge in [-0.3, -0.25) is 0 Å². The molecule has 0 radical (unpaired) electrons. The number of hydrogen-bond acceptors (Lipinski definition) is 4. The topological polar surface area (TPSA) is 47.9 Å². The van der Waals surface area contributed by atoms with E-state index >= 15 is 0 Å². The molecule has 0 heterocycles. The summed E-state index contributed by atoms with van der Waals surface area (Å²) in [6.07, 6.45) is -0.489.